The number of nitrogens with one attached hydrogen (secondary N) is 1. The third-order valence-corrected chi connectivity index (χ3v) is 4.76. The Bertz CT molecular complexity index is 450. The highest BCUT2D eigenvalue weighted by Crippen LogP contribution is 2.38. The van der Waals surface area contributed by atoms with Crippen molar-refractivity contribution in [2.45, 2.75) is 57.0 Å². The monoisotopic (exact) mass is 312 g/mol. The van der Waals surface area contributed by atoms with Gasteiger partial charge >= 0.3 is 0 Å². The Balaban J connectivity index is 0.00000132. The second kappa shape index (κ2) is 6.63. The maximum absolute atomic E-state index is 5.36. The van der Waals surface area contributed by atoms with Crippen LogP contribution in [-0.2, 0) is 6.54 Å². The molecular weight excluding hydrogens is 288 g/mol. The first-order valence-corrected chi connectivity index (χ1v) is 8.15. The molecule has 1 N–H and O–H groups in total. The summed E-state index contributed by atoms with van der Waals surface area (Å²) in [4.78, 5) is 6.96. The number of hydrogen-bond acceptors (Lipinski definition) is 5. The quantitative estimate of drug-likeness (QED) is 0.873. The maximum Gasteiger partial charge on any atom is 0.240 e. The van der Waals surface area contributed by atoms with E-state index in [0.717, 1.165) is 43.3 Å². The molecule has 1 aliphatic heterocycles. The fourth-order valence-electron chi connectivity index (χ4n) is 2.98. The van der Waals surface area contributed by atoms with Crippen LogP contribution in [-0.4, -0.2) is 40.7 Å². The summed E-state index contributed by atoms with van der Waals surface area (Å²) in [6.45, 7) is 4.35. The van der Waals surface area contributed by atoms with Crippen molar-refractivity contribution in [1.29, 1.82) is 0 Å². The molecule has 5 nitrogen and oxygen atoms in total. The molecule has 0 unspecified atom stereocenters. The van der Waals surface area contributed by atoms with E-state index in [2.05, 4.69) is 20.4 Å². The molecule has 0 aromatic carbocycles. The Hall–Kier alpha value is -0.650. The second-order valence-corrected chi connectivity index (χ2v) is 6.72. The van der Waals surface area contributed by atoms with Crippen LogP contribution in [0.1, 0.15) is 56.2 Å². The Morgan fingerprint density at radius 1 is 1.10 bits per heavy atom. The van der Waals surface area contributed by atoms with Crippen molar-refractivity contribution >= 4 is 12.4 Å². The highest BCUT2D eigenvalue weighted by atomic mass is 35.5. The van der Waals surface area contributed by atoms with E-state index >= 15 is 0 Å². The SMILES string of the molecule is C1CC1CNC1CCN(Cc2nc(C3CC3)no2)CC1.Cl. The van der Waals surface area contributed by atoms with Crippen LogP contribution in [0.15, 0.2) is 4.52 Å². The summed E-state index contributed by atoms with van der Waals surface area (Å²) in [5, 5.41) is 7.81. The smallest absolute Gasteiger partial charge is 0.240 e. The van der Waals surface area contributed by atoms with Gasteiger partial charge in [-0.25, -0.2) is 0 Å². The maximum atomic E-state index is 5.36. The summed E-state index contributed by atoms with van der Waals surface area (Å²) in [6.07, 6.45) is 7.83. The molecule has 1 aromatic rings. The van der Waals surface area contributed by atoms with Gasteiger partial charge in [0.05, 0.1) is 6.54 Å². The van der Waals surface area contributed by atoms with Crippen molar-refractivity contribution in [3.8, 4) is 0 Å². The van der Waals surface area contributed by atoms with Gasteiger partial charge < -0.3 is 9.84 Å². The number of piperidine rings is 1. The van der Waals surface area contributed by atoms with Crippen LogP contribution >= 0.6 is 12.4 Å². The number of aromatic nitrogens is 2. The van der Waals surface area contributed by atoms with Crippen molar-refractivity contribution in [3.63, 3.8) is 0 Å². The summed E-state index contributed by atoms with van der Waals surface area (Å²) in [7, 11) is 0. The van der Waals surface area contributed by atoms with E-state index in [4.69, 9.17) is 4.52 Å². The molecule has 2 aliphatic carbocycles. The van der Waals surface area contributed by atoms with Crippen molar-refractivity contribution in [1.82, 2.24) is 20.4 Å². The standard InChI is InChI=1S/C15H24N4O.ClH/c1-2-11(1)9-16-13-5-7-19(8-6-13)10-14-17-15(18-20-14)12-3-4-12;/h11-13,16H,1-10H2;1H. The van der Waals surface area contributed by atoms with Crippen LogP contribution < -0.4 is 5.32 Å². The Morgan fingerprint density at radius 2 is 1.86 bits per heavy atom. The molecule has 4 rings (SSSR count). The molecule has 0 amide bonds. The van der Waals surface area contributed by atoms with Crippen LogP contribution in [0.2, 0.25) is 0 Å². The van der Waals surface area contributed by atoms with Gasteiger partial charge in [-0.3, -0.25) is 4.90 Å². The Kier molecular flexibility index (Phi) is 4.82. The zero-order chi connectivity index (χ0) is 13.4. The average molecular weight is 313 g/mol. The van der Waals surface area contributed by atoms with Gasteiger partial charge in [0.2, 0.25) is 5.89 Å². The van der Waals surface area contributed by atoms with Gasteiger partial charge in [-0.05, 0) is 51.0 Å². The lowest BCUT2D eigenvalue weighted by Gasteiger charge is -2.31. The van der Waals surface area contributed by atoms with Crippen LogP contribution in [0.25, 0.3) is 0 Å². The molecule has 2 saturated carbocycles. The largest absolute Gasteiger partial charge is 0.338 e. The van der Waals surface area contributed by atoms with Gasteiger partial charge in [0.1, 0.15) is 0 Å². The normalized spacial score (nSPS) is 24.0. The van der Waals surface area contributed by atoms with Crippen molar-refractivity contribution in [2.24, 2.45) is 5.92 Å². The van der Waals surface area contributed by atoms with Crippen LogP contribution in [0.3, 0.4) is 0 Å². The lowest BCUT2D eigenvalue weighted by molar-refractivity contribution is 0.170. The highest BCUT2D eigenvalue weighted by molar-refractivity contribution is 5.85. The van der Waals surface area contributed by atoms with E-state index < -0.39 is 0 Å². The number of rotatable bonds is 6. The average Bonchev–Trinajstić information content (AvgIpc) is 3.39. The number of likely N-dealkylation sites (tertiary alicyclic amines) is 1. The van der Waals surface area contributed by atoms with Gasteiger partial charge in [-0.15, -0.1) is 12.4 Å². The fourth-order valence-corrected chi connectivity index (χ4v) is 2.98. The van der Waals surface area contributed by atoms with E-state index in [-0.39, 0.29) is 12.4 Å². The van der Waals surface area contributed by atoms with Gasteiger partial charge in [0, 0.05) is 25.0 Å². The molecule has 0 atom stereocenters. The van der Waals surface area contributed by atoms with Gasteiger partial charge in [0.25, 0.3) is 0 Å². The first-order valence-electron chi connectivity index (χ1n) is 8.15. The third-order valence-electron chi connectivity index (χ3n) is 4.76. The van der Waals surface area contributed by atoms with Gasteiger partial charge in [0.15, 0.2) is 5.82 Å². The Morgan fingerprint density at radius 3 is 2.52 bits per heavy atom. The summed E-state index contributed by atoms with van der Waals surface area (Å²) in [5.41, 5.74) is 0. The number of nitrogens with zero attached hydrogens (tertiary/aromatic N) is 3. The minimum Gasteiger partial charge on any atom is -0.338 e. The lowest BCUT2D eigenvalue weighted by atomic mass is 10.0. The molecule has 118 valence electrons. The molecule has 0 radical (unpaired) electrons. The molecule has 1 saturated heterocycles. The zero-order valence-electron chi connectivity index (χ0n) is 12.5. The first-order chi connectivity index (χ1) is 9.87. The summed E-state index contributed by atoms with van der Waals surface area (Å²) in [6, 6.07) is 0.719. The molecule has 3 fully saturated rings. The summed E-state index contributed by atoms with van der Waals surface area (Å²) >= 11 is 0. The number of halogens is 1. The summed E-state index contributed by atoms with van der Waals surface area (Å²) in [5.74, 6) is 3.30. The van der Waals surface area contributed by atoms with E-state index in [9.17, 15) is 0 Å². The lowest BCUT2D eigenvalue weighted by Crippen LogP contribution is -2.42. The van der Waals surface area contributed by atoms with Crippen LogP contribution in [0, 0.1) is 5.92 Å². The van der Waals surface area contributed by atoms with Crippen molar-refractivity contribution < 1.29 is 4.52 Å². The summed E-state index contributed by atoms with van der Waals surface area (Å²) < 4.78 is 5.36. The second-order valence-electron chi connectivity index (χ2n) is 6.72. The van der Waals surface area contributed by atoms with Crippen molar-refractivity contribution in [2.75, 3.05) is 19.6 Å². The molecular formula is C15H25ClN4O. The highest BCUT2D eigenvalue weighted by Gasteiger charge is 2.29. The first kappa shape index (κ1) is 15.3. The molecule has 0 spiro atoms. The fraction of sp³-hybridized carbons (Fsp3) is 0.867. The third kappa shape index (κ3) is 4.18. The minimum atomic E-state index is 0. The molecule has 3 aliphatic rings. The molecule has 0 bridgehead atoms. The van der Waals surface area contributed by atoms with Gasteiger partial charge in [-0.1, -0.05) is 5.16 Å². The molecule has 2 heterocycles. The van der Waals surface area contributed by atoms with Gasteiger partial charge in [-0.2, -0.15) is 4.98 Å². The van der Waals surface area contributed by atoms with E-state index in [0.29, 0.717) is 5.92 Å². The topological polar surface area (TPSA) is 54.2 Å². The molecule has 21 heavy (non-hydrogen) atoms. The Labute approximate surface area is 132 Å². The van der Waals surface area contributed by atoms with E-state index in [1.807, 2.05) is 0 Å². The predicted molar refractivity (Wildman–Crippen MR) is 82.5 cm³/mol. The molecule has 6 heteroatoms. The zero-order valence-corrected chi connectivity index (χ0v) is 13.3. The van der Waals surface area contributed by atoms with Crippen molar-refractivity contribution in [3.05, 3.63) is 11.7 Å². The van der Waals surface area contributed by atoms with E-state index in [1.165, 1.54) is 45.1 Å². The minimum absolute atomic E-state index is 0. The predicted octanol–water partition coefficient (Wildman–Crippen LogP) is 2.33. The van der Waals surface area contributed by atoms with E-state index in [1.54, 1.807) is 0 Å². The number of hydrogen-bond donors (Lipinski definition) is 1. The van der Waals surface area contributed by atoms with Crippen LogP contribution in [0.4, 0.5) is 0 Å². The van der Waals surface area contributed by atoms with Crippen LogP contribution in [0.5, 0.6) is 0 Å². The molecule has 1 aromatic heterocycles.